The molecule has 0 aliphatic rings. The number of carbonyl (C=O) groups is 3. The van der Waals surface area contributed by atoms with Crippen LogP contribution in [-0.2, 0) is 16.1 Å². The number of hydrogen-bond acceptors (Lipinski definition) is 5. The Hall–Kier alpha value is -2.47. The van der Waals surface area contributed by atoms with E-state index in [1.54, 1.807) is 18.2 Å². The van der Waals surface area contributed by atoms with E-state index < -0.39 is 5.97 Å². The summed E-state index contributed by atoms with van der Waals surface area (Å²) >= 11 is 1.28. The first kappa shape index (κ1) is 17.9. The Balaban J connectivity index is 1.93. The van der Waals surface area contributed by atoms with E-state index in [1.165, 1.54) is 18.3 Å². The number of thiophene rings is 1. The predicted octanol–water partition coefficient (Wildman–Crippen LogP) is 3.04. The topological polar surface area (TPSA) is 72.5 Å². The Morgan fingerprint density at radius 1 is 1.12 bits per heavy atom. The summed E-state index contributed by atoms with van der Waals surface area (Å²) in [5, 5.41) is 2.67. The third-order valence-electron chi connectivity index (χ3n) is 3.38. The zero-order chi connectivity index (χ0) is 17.7. The number of carbonyl (C=O) groups excluding carboxylic acids is 3. The molecule has 24 heavy (non-hydrogen) atoms. The summed E-state index contributed by atoms with van der Waals surface area (Å²) in [6, 6.07) is 8.88. The molecule has 0 atom stereocenters. The number of benzene rings is 1. The van der Waals surface area contributed by atoms with Crippen LogP contribution in [0.1, 0.15) is 43.0 Å². The summed E-state index contributed by atoms with van der Waals surface area (Å²) in [5.74, 6) is -0.887. The first-order chi connectivity index (χ1) is 11.4. The Kier molecular flexibility index (Phi) is 5.87. The lowest BCUT2D eigenvalue weighted by Gasteiger charge is -2.07. The molecular formula is C18H19NO4S. The lowest BCUT2D eigenvalue weighted by molar-refractivity contribution is -0.119. The Morgan fingerprint density at radius 2 is 1.88 bits per heavy atom. The van der Waals surface area contributed by atoms with Crippen molar-refractivity contribution in [3.63, 3.8) is 0 Å². The average molecular weight is 345 g/mol. The molecule has 0 saturated heterocycles. The first-order valence-corrected chi connectivity index (χ1v) is 8.29. The standard InChI is InChI=1S/C18H19NO4S/c1-11-4-6-15(12(2)8-11)18(22)23-10-16(21)17-7-5-14(24-17)9-19-13(3)20/h4-8H,9-10H2,1-3H3,(H,19,20). The number of aryl methyl sites for hydroxylation is 2. The van der Waals surface area contributed by atoms with Gasteiger partial charge in [-0.2, -0.15) is 0 Å². The van der Waals surface area contributed by atoms with Gasteiger partial charge in [0.05, 0.1) is 17.0 Å². The van der Waals surface area contributed by atoms with E-state index in [9.17, 15) is 14.4 Å². The highest BCUT2D eigenvalue weighted by Crippen LogP contribution is 2.18. The van der Waals surface area contributed by atoms with Crippen LogP contribution in [0.5, 0.6) is 0 Å². The fourth-order valence-electron chi connectivity index (χ4n) is 2.16. The van der Waals surface area contributed by atoms with Crippen molar-refractivity contribution >= 4 is 29.0 Å². The number of Topliss-reactive ketones (excluding diaryl/α,β-unsaturated/α-hetero) is 1. The fraction of sp³-hybridized carbons (Fsp3) is 0.278. The lowest BCUT2D eigenvalue weighted by atomic mass is 10.1. The van der Waals surface area contributed by atoms with Crippen LogP contribution < -0.4 is 5.32 Å². The summed E-state index contributed by atoms with van der Waals surface area (Å²) in [6.07, 6.45) is 0. The van der Waals surface area contributed by atoms with Crippen LogP contribution in [0.2, 0.25) is 0 Å². The van der Waals surface area contributed by atoms with Crippen molar-refractivity contribution in [3.05, 3.63) is 56.8 Å². The molecule has 1 aromatic heterocycles. The number of amides is 1. The van der Waals surface area contributed by atoms with Crippen LogP contribution in [0, 0.1) is 13.8 Å². The molecule has 0 saturated carbocycles. The van der Waals surface area contributed by atoms with Crippen molar-refractivity contribution in [2.45, 2.75) is 27.3 Å². The minimum absolute atomic E-state index is 0.126. The SMILES string of the molecule is CC(=O)NCc1ccc(C(=O)COC(=O)c2ccc(C)cc2C)s1. The molecule has 0 aliphatic carbocycles. The predicted molar refractivity (Wildman–Crippen MR) is 92.4 cm³/mol. The summed E-state index contributed by atoms with van der Waals surface area (Å²) in [4.78, 5) is 36.5. The zero-order valence-electron chi connectivity index (χ0n) is 13.8. The quantitative estimate of drug-likeness (QED) is 0.645. The molecule has 0 unspecified atom stereocenters. The second-order valence-electron chi connectivity index (χ2n) is 5.49. The number of ketones is 1. The van der Waals surface area contributed by atoms with Crippen molar-refractivity contribution < 1.29 is 19.1 Å². The largest absolute Gasteiger partial charge is 0.454 e. The number of ether oxygens (including phenoxy) is 1. The molecule has 0 spiro atoms. The van der Waals surface area contributed by atoms with Gasteiger partial charge in [-0.25, -0.2) is 4.79 Å². The van der Waals surface area contributed by atoms with E-state index in [2.05, 4.69) is 5.32 Å². The first-order valence-electron chi connectivity index (χ1n) is 7.47. The third-order valence-corrected chi connectivity index (χ3v) is 4.51. The summed E-state index contributed by atoms with van der Waals surface area (Å²) < 4.78 is 5.12. The number of nitrogens with one attached hydrogen (secondary N) is 1. The maximum Gasteiger partial charge on any atom is 0.338 e. The molecule has 0 aliphatic heterocycles. The van der Waals surface area contributed by atoms with Crippen LogP contribution in [0.4, 0.5) is 0 Å². The summed E-state index contributed by atoms with van der Waals surface area (Å²) in [7, 11) is 0. The van der Waals surface area contributed by atoms with Gasteiger partial charge in [-0.05, 0) is 37.6 Å². The monoisotopic (exact) mass is 345 g/mol. The second-order valence-corrected chi connectivity index (χ2v) is 6.66. The van der Waals surface area contributed by atoms with E-state index in [4.69, 9.17) is 4.74 Å². The highest BCUT2D eigenvalue weighted by molar-refractivity contribution is 7.14. The molecule has 126 valence electrons. The molecule has 1 N–H and O–H groups in total. The summed E-state index contributed by atoms with van der Waals surface area (Å²) in [5.41, 5.74) is 2.34. The van der Waals surface area contributed by atoms with E-state index in [1.807, 2.05) is 26.0 Å². The van der Waals surface area contributed by atoms with Crippen molar-refractivity contribution in [3.8, 4) is 0 Å². The molecule has 6 heteroatoms. The number of hydrogen-bond donors (Lipinski definition) is 1. The Morgan fingerprint density at radius 3 is 2.54 bits per heavy atom. The maximum absolute atomic E-state index is 12.1. The van der Waals surface area contributed by atoms with Gasteiger partial charge in [0.25, 0.3) is 0 Å². The summed E-state index contributed by atoms with van der Waals surface area (Å²) in [6.45, 7) is 5.30. The molecule has 0 bridgehead atoms. The zero-order valence-corrected chi connectivity index (χ0v) is 14.7. The van der Waals surface area contributed by atoms with Gasteiger partial charge in [0, 0.05) is 11.8 Å². The average Bonchev–Trinajstić information content (AvgIpc) is 2.99. The molecule has 1 heterocycles. The highest BCUT2D eigenvalue weighted by atomic mass is 32.1. The van der Waals surface area contributed by atoms with Gasteiger partial charge in [-0.1, -0.05) is 17.7 Å². The third kappa shape index (κ3) is 4.76. The normalized spacial score (nSPS) is 10.3. The van der Waals surface area contributed by atoms with Crippen LogP contribution in [0.25, 0.3) is 0 Å². The van der Waals surface area contributed by atoms with Crippen LogP contribution in [0.15, 0.2) is 30.3 Å². The van der Waals surface area contributed by atoms with E-state index >= 15 is 0 Å². The van der Waals surface area contributed by atoms with E-state index in [0.717, 1.165) is 16.0 Å². The maximum atomic E-state index is 12.1. The molecule has 0 radical (unpaired) electrons. The second kappa shape index (κ2) is 7.88. The van der Waals surface area contributed by atoms with Gasteiger partial charge in [0.2, 0.25) is 11.7 Å². The van der Waals surface area contributed by atoms with Gasteiger partial charge in [-0.15, -0.1) is 11.3 Å². The Bertz CT molecular complexity index is 779. The van der Waals surface area contributed by atoms with Crippen molar-refractivity contribution in [1.29, 1.82) is 0 Å². The fourth-order valence-corrected chi connectivity index (χ4v) is 3.03. The van der Waals surface area contributed by atoms with Gasteiger partial charge in [0.15, 0.2) is 6.61 Å². The highest BCUT2D eigenvalue weighted by Gasteiger charge is 2.15. The van der Waals surface area contributed by atoms with Crippen LogP contribution in [0.3, 0.4) is 0 Å². The molecule has 1 amide bonds. The van der Waals surface area contributed by atoms with Gasteiger partial charge >= 0.3 is 5.97 Å². The van der Waals surface area contributed by atoms with Gasteiger partial charge in [-0.3, -0.25) is 9.59 Å². The molecule has 1 aromatic carbocycles. The Labute approximate surface area is 144 Å². The van der Waals surface area contributed by atoms with Crippen LogP contribution >= 0.6 is 11.3 Å². The van der Waals surface area contributed by atoms with Crippen molar-refractivity contribution in [2.24, 2.45) is 0 Å². The minimum Gasteiger partial charge on any atom is -0.454 e. The van der Waals surface area contributed by atoms with Gasteiger partial charge < -0.3 is 10.1 Å². The van der Waals surface area contributed by atoms with Gasteiger partial charge in [0.1, 0.15) is 0 Å². The van der Waals surface area contributed by atoms with E-state index in [-0.39, 0.29) is 18.3 Å². The van der Waals surface area contributed by atoms with Crippen molar-refractivity contribution in [2.75, 3.05) is 6.61 Å². The number of esters is 1. The minimum atomic E-state index is -0.504. The smallest absolute Gasteiger partial charge is 0.338 e. The molecular weight excluding hydrogens is 326 g/mol. The van der Waals surface area contributed by atoms with Crippen LogP contribution in [-0.4, -0.2) is 24.3 Å². The van der Waals surface area contributed by atoms with E-state index in [0.29, 0.717) is 17.0 Å². The lowest BCUT2D eigenvalue weighted by Crippen LogP contribution is -2.18. The molecule has 5 nitrogen and oxygen atoms in total. The molecule has 2 rings (SSSR count). The van der Waals surface area contributed by atoms with Crippen molar-refractivity contribution in [1.82, 2.24) is 5.32 Å². The molecule has 0 fully saturated rings. The molecule has 2 aromatic rings. The number of rotatable bonds is 6.